The van der Waals surface area contributed by atoms with Crippen molar-refractivity contribution in [3.63, 3.8) is 0 Å². The van der Waals surface area contributed by atoms with Crippen LogP contribution in [0.5, 0.6) is 0 Å². The number of benzene rings is 1. The summed E-state index contributed by atoms with van der Waals surface area (Å²) in [4.78, 5) is 3.99. The minimum Gasteiger partial charge on any atom is -0.195 e. The average Bonchev–Trinajstić information content (AvgIpc) is 2.47. The molecule has 0 spiro atoms. The monoisotopic (exact) mass is 271 g/mol. The fourth-order valence-corrected chi connectivity index (χ4v) is 2.95. The lowest BCUT2D eigenvalue weighted by atomic mass is 9.78. The van der Waals surface area contributed by atoms with Crippen LogP contribution in [0.1, 0.15) is 50.5 Å². The van der Waals surface area contributed by atoms with Crippen molar-refractivity contribution >= 4 is 23.1 Å². The van der Waals surface area contributed by atoms with Crippen molar-refractivity contribution in [2.75, 3.05) is 0 Å². The SMILES string of the molecule is CCC=C[C@H]1CC[C@H](c2ccc(N=C=S)cc2)CC1. The Hall–Kier alpha value is -1.24. The summed E-state index contributed by atoms with van der Waals surface area (Å²) in [5.74, 6) is 1.52. The van der Waals surface area contributed by atoms with E-state index in [0.717, 1.165) is 23.9 Å². The first kappa shape index (κ1) is 14.2. The van der Waals surface area contributed by atoms with E-state index in [-0.39, 0.29) is 0 Å². The first-order chi connectivity index (χ1) is 9.33. The molecule has 0 heterocycles. The smallest absolute Gasteiger partial charge is 0.0739 e. The Labute approximate surface area is 121 Å². The molecule has 1 aromatic rings. The Morgan fingerprint density at radius 3 is 2.47 bits per heavy atom. The number of hydrogen-bond acceptors (Lipinski definition) is 2. The van der Waals surface area contributed by atoms with Gasteiger partial charge in [-0.2, -0.15) is 4.99 Å². The molecule has 2 rings (SSSR count). The number of nitrogens with zero attached hydrogens (tertiary/aromatic N) is 1. The highest BCUT2D eigenvalue weighted by atomic mass is 32.1. The highest BCUT2D eigenvalue weighted by Gasteiger charge is 2.20. The molecular formula is C17H21NS. The summed E-state index contributed by atoms with van der Waals surface area (Å²) in [6.45, 7) is 2.20. The third kappa shape index (κ3) is 4.12. The predicted molar refractivity (Wildman–Crippen MR) is 85.3 cm³/mol. The first-order valence-electron chi connectivity index (χ1n) is 7.18. The highest BCUT2D eigenvalue weighted by molar-refractivity contribution is 7.78. The molecular weight excluding hydrogens is 250 g/mol. The van der Waals surface area contributed by atoms with Crippen LogP contribution in [0, 0.1) is 5.92 Å². The van der Waals surface area contributed by atoms with Crippen LogP contribution in [0.3, 0.4) is 0 Å². The summed E-state index contributed by atoms with van der Waals surface area (Å²) in [6, 6.07) is 8.46. The molecule has 100 valence electrons. The molecule has 0 aromatic heterocycles. The van der Waals surface area contributed by atoms with Crippen LogP contribution in [0.2, 0.25) is 0 Å². The minimum absolute atomic E-state index is 0.719. The molecule has 1 aromatic carbocycles. The Morgan fingerprint density at radius 2 is 1.89 bits per heavy atom. The summed E-state index contributed by atoms with van der Waals surface area (Å²) in [7, 11) is 0. The maximum absolute atomic E-state index is 4.62. The van der Waals surface area contributed by atoms with Gasteiger partial charge < -0.3 is 0 Å². The fraction of sp³-hybridized carbons (Fsp3) is 0.471. The second-order valence-corrected chi connectivity index (χ2v) is 5.43. The van der Waals surface area contributed by atoms with Crippen molar-refractivity contribution in [1.82, 2.24) is 0 Å². The van der Waals surface area contributed by atoms with E-state index in [2.05, 4.69) is 53.6 Å². The van der Waals surface area contributed by atoms with E-state index in [1.807, 2.05) is 12.1 Å². The summed E-state index contributed by atoms with van der Waals surface area (Å²) in [5.41, 5.74) is 2.35. The molecule has 0 aliphatic heterocycles. The van der Waals surface area contributed by atoms with Gasteiger partial charge in [-0.3, -0.25) is 0 Å². The van der Waals surface area contributed by atoms with Gasteiger partial charge in [-0.05, 0) is 73.9 Å². The van der Waals surface area contributed by atoms with Crippen LogP contribution in [0.4, 0.5) is 5.69 Å². The van der Waals surface area contributed by atoms with Crippen LogP contribution in [-0.2, 0) is 0 Å². The molecule has 0 unspecified atom stereocenters. The third-order valence-electron chi connectivity index (χ3n) is 3.96. The molecule has 1 saturated carbocycles. The van der Waals surface area contributed by atoms with Crippen molar-refractivity contribution in [3.8, 4) is 0 Å². The molecule has 1 aliphatic carbocycles. The molecule has 1 fully saturated rings. The Morgan fingerprint density at radius 1 is 1.21 bits per heavy atom. The van der Waals surface area contributed by atoms with Gasteiger partial charge in [0.25, 0.3) is 0 Å². The average molecular weight is 271 g/mol. The van der Waals surface area contributed by atoms with E-state index in [1.54, 1.807) is 0 Å². The van der Waals surface area contributed by atoms with E-state index in [1.165, 1.54) is 31.2 Å². The fourth-order valence-electron chi connectivity index (χ4n) is 2.85. The first-order valence-corrected chi connectivity index (χ1v) is 7.58. The van der Waals surface area contributed by atoms with Gasteiger partial charge in [-0.15, -0.1) is 0 Å². The lowest BCUT2D eigenvalue weighted by molar-refractivity contribution is 0.375. The number of isothiocyanates is 1. The van der Waals surface area contributed by atoms with E-state index >= 15 is 0 Å². The maximum atomic E-state index is 4.62. The number of hydrogen-bond donors (Lipinski definition) is 0. The number of rotatable bonds is 4. The number of allylic oxidation sites excluding steroid dienone is 2. The third-order valence-corrected chi connectivity index (χ3v) is 4.05. The lowest BCUT2D eigenvalue weighted by Gasteiger charge is -2.27. The summed E-state index contributed by atoms with van der Waals surface area (Å²) >= 11 is 4.62. The lowest BCUT2D eigenvalue weighted by Crippen LogP contribution is -2.11. The summed E-state index contributed by atoms with van der Waals surface area (Å²) < 4.78 is 0. The van der Waals surface area contributed by atoms with Gasteiger partial charge in [0.1, 0.15) is 0 Å². The predicted octanol–water partition coefficient (Wildman–Crippen LogP) is 5.66. The zero-order valence-electron chi connectivity index (χ0n) is 11.5. The van der Waals surface area contributed by atoms with Gasteiger partial charge >= 0.3 is 0 Å². The van der Waals surface area contributed by atoms with Crippen LogP contribution in [0.25, 0.3) is 0 Å². The van der Waals surface area contributed by atoms with Gasteiger partial charge in [0.05, 0.1) is 10.8 Å². The minimum atomic E-state index is 0.719. The van der Waals surface area contributed by atoms with Gasteiger partial charge in [0, 0.05) is 0 Å². The molecule has 2 heteroatoms. The van der Waals surface area contributed by atoms with Crippen molar-refractivity contribution in [2.45, 2.75) is 44.9 Å². The Kier molecular flexibility index (Phi) is 5.50. The molecule has 0 saturated heterocycles. The molecule has 19 heavy (non-hydrogen) atoms. The van der Waals surface area contributed by atoms with Crippen LogP contribution in [0.15, 0.2) is 41.4 Å². The zero-order valence-corrected chi connectivity index (χ0v) is 12.3. The van der Waals surface area contributed by atoms with Gasteiger partial charge in [0.15, 0.2) is 0 Å². The van der Waals surface area contributed by atoms with Gasteiger partial charge in [-0.1, -0.05) is 31.2 Å². The largest absolute Gasteiger partial charge is 0.195 e. The molecule has 0 N–H and O–H groups in total. The maximum Gasteiger partial charge on any atom is 0.0739 e. The standard InChI is InChI=1S/C17H21NS/c1-2-3-4-14-5-7-15(8-6-14)16-9-11-17(12-10-16)18-13-19/h3-4,9-12,14-15H,2,5-8H2,1H3/t14-,15-. The van der Waals surface area contributed by atoms with Crippen LogP contribution < -0.4 is 0 Å². The quantitative estimate of drug-likeness (QED) is 0.391. The molecule has 1 aliphatic rings. The second kappa shape index (κ2) is 7.37. The molecule has 1 nitrogen and oxygen atoms in total. The molecule has 0 amide bonds. The Bertz CT molecular complexity index is 461. The normalized spacial score (nSPS) is 23.2. The van der Waals surface area contributed by atoms with Crippen molar-refractivity contribution in [1.29, 1.82) is 0 Å². The molecule has 0 radical (unpaired) electrons. The van der Waals surface area contributed by atoms with Crippen molar-refractivity contribution in [3.05, 3.63) is 42.0 Å². The highest BCUT2D eigenvalue weighted by Crippen LogP contribution is 2.36. The van der Waals surface area contributed by atoms with Crippen LogP contribution in [-0.4, -0.2) is 5.16 Å². The summed E-state index contributed by atoms with van der Waals surface area (Å²) in [6.07, 6.45) is 11.1. The van der Waals surface area contributed by atoms with Gasteiger partial charge in [-0.25, -0.2) is 0 Å². The van der Waals surface area contributed by atoms with E-state index in [4.69, 9.17) is 0 Å². The number of aliphatic imine (C=N–C) groups is 1. The van der Waals surface area contributed by atoms with Crippen molar-refractivity contribution in [2.24, 2.45) is 10.9 Å². The van der Waals surface area contributed by atoms with Crippen molar-refractivity contribution < 1.29 is 0 Å². The topological polar surface area (TPSA) is 12.4 Å². The molecule has 0 atom stereocenters. The second-order valence-electron chi connectivity index (χ2n) is 5.24. The van der Waals surface area contributed by atoms with E-state index in [0.29, 0.717) is 0 Å². The number of thiocarbonyl (C=S) groups is 1. The van der Waals surface area contributed by atoms with Crippen LogP contribution >= 0.6 is 12.2 Å². The van der Waals surface area contributed by atoms with E-state index < -0.39 is 0 Å². The Balaban J connectivity index is 1.93. The van der Waals surface area contributed by atoms with Gasteiger partial charge in [0.2, 0.25) is 0 Å². The summed E-state index contributed by atoms with van der Waals surface area (Å²) in [5, 5.41) is 2.41. The zero-order chi connectivity index (χ0) is 13.5. The van der Waals surface area contributed by atoms with E-state index in [9.17, 15) is 0 Å². The molecule has 0 bridgehead atoms.